The van der Waals surface area contributed by atoms with Crippen molar-refractivity contribution in [2.24, 2.45) is 0 Å². The van der Waals surface area contributed by atoms with Crippen LogP contribution in [0.25, 0.3) is 0 Å². The van der Waals surface area contributed by atoms with Crippen molar-refractivity contribution in [1.29, 1.82) is 0 Å². The van der Waals surface area contributed by atoms with Gasteiger partial charge in [0.1, 0.15) is 0 Å². The summed E-state index contributed by atoms with van der Waals surface area (Å²) in [6.45, 7) is 7.36. The van der Waals surface area contributed by atoms with Gasteiger partial charge in [0.2, 0.25) is 0 Å². The summed E-state index contributed by atoms with van der Waals surface area (Å²) >= 11 is 7.56. The number of nitrogens with zero attached hydrogens (tertiary/aromatic N) is 2. The molecule has 1 aromatic heterocycles. The van der Waals surface area contributed by atoms with E-state index in [-0.39, 0.29) is 0 Å². The van der Waals surface area contributed by atoms with Crippen LogP contribution in [0.4, 0.5) is 5.13 Å². The van der Waals surface area contributed by atoms with Crippen LogP contribution in [0.1, 0.15) is 32.4 Å². The molecule has 0 atom stereocenters. The predicted molar refractivity (Wildman–Crippen MR) is 69.3 cm³/mol. The van der Waals surface area contributed by atoms with Gasteiger partial charge < -0.3 is 4.90 Å². The second kappa shape index (κ2) is 6.33. The van der Waals surface area contributed by atoms with E-state index in [1.165, 1.54) is 0 Å². The van der Waals surface area contributed by atoms with E-state index in [1.54, 1.807) is 11.3 Å². The van der Waals surface area contributed by atoms with Crippen molar-refractivity contribution in [2.45, 2.75) is 39.7 Å². The molecule has 1 rings (SSSR count). The van der Waals surface area contributed by atoms with Gasteiger partial charge in [0.05, 0.1) is 5.69 Å². The van der Waals surface area contributed by atoms with E-state index < -0.39 is 0 Å². The lowest BCUT2D eigenvalue weighted by Crippen LogP contribution is -2.36. The summed E-state index contributed by atoms with van der Waals surface area (Å²) in [5.74, 6) is 0.662. The van der Waals surface area contributed by atoms with Gasteiger partial charge in [-0.1, -0.05) is 13.8 Å². The minimum Gasteiger partial charge on any atom is -0.344 e. The lowest BCUT2D eigenvalue weighted by molar-refractivity contribution is 0.566. The minimum atomic E-state index is 0.564. The molecule has 0 spiro atoms. The number of thiazole rings is 1. The van der Waals surface area contributed by atoms with Crippen molar-refractivity contribution in [3.05, 3.63) is 11.1 Å². The number of halogens is 1. The zero-order valence-electron chi connectivity index (χ0n) is 9.66. The zero-order valence-corrected chi connectivity index (χ0v) is 11.2. The van der Waals surface area contributed by atoms with Gasteiger partial charge in [0.15, 0.2) is 5.13 Å². The average Bonchev–Trinajstić information content (AvgIpc) is 2.65. The minimum absolute atomic E-state index is 0.564. The lowest BCUT2D eigenvalue weighted by atomic mass is 10.1. The highest BCUT2D eigenvalue weighted by Gasteiger charge is 2.17. The average molecular weight is 247 g/mol. The Balaban J connectivity index is 2.81. The number of aromatic nitrogens is 1. The van der Waals surface area contributed by atoms with Gasteiger partial charge in [-0.25, -0.2) is 4.98 Å². The molecule has 4 heteroatoms. The number of aryl methyl sites for hydroxylation is 1. The van der Waals surface area contributed by atoms with E-state index in [2.05, 4.69) is 29.1 Å². The summed E-state index contributed by atoms with van der Waals surface area (Å²) in [4.78, 5) is 6.87. The van der Waals surface area contributed by atoms with Gasteiger partial charge in [0, 0.05) is 23.8 Å². The molecule has 1 heterocycles. The van der Waals surface area contributed by atoms with Crippen LogP contribution in [0.2, 0.25) is 0 Å². The van der Waals surface area contributed by atoms with E-state index in [0.717, 1.165) is 30.2 Å². The van der Waals surface area contributed by atoms with Gasteiger partial charge in [-0.15, -0.1) is 22.9 Å². The molecule has 1 aromatic rings. The summed E-state index contributed by atoms with van der Waals surface area (Å²) in [5.41, 5.74) is 1.10. The maximum Gasteiger partial charge on any atom is 0.185 e. The predicted octanol–water partition coefficient (Wildman–Crippen LogP) is 3.69. The quantitative estimate of drug-likeness (QED) is 0.712. The van der Waals surface area contributed by atoms with Crippen molar-refractivity contribution in [2.75, 3.05) is 17.3 Å². The molecule has 0 bridgehead atoms. The molecule has 0 radical (unpaired) electrons. The van der Waals surface area contributed by atoms with Crippen molar-refractivity contribution >= 4 is 28.1 Å². The Labute approximate surface area is 101 Å². The molecule has 0 saturated heterocycles. The van der Waals surface area contributed by atoms with Gasteiger partial charge in [-0.2, -0.15) is 0 Å². The van der Waals surface area contributed by atoms with Crippen LogP contribution in [0.3, 0.4) is 0 Å². The fourth-order valence-electron chi connectivity index (χ4n) is 1.73. The highest BCUT2D eigenvalue weighted by molar-refractivity contribution is 7.13. The number of alkyl halides is 1. The van der Waals surface area contributed by atoms with Crippen LogP contribution in [0.15, 0.2) is 5.38 Å². The van der Waals surface area contributed by atoms with Crippen LogP contribution in [0, 0.1) is 6.92 Å². The Bertz CT molecular complexity index is 284. The van der Waals surface area contributed by atoms with E-state index in [1.807, 2.05) is 6.92 Å². The normalized spacial score (nSPS) is 11.0. The third kappa shape index (κ3) is 3.35. The molecule has 2 nitrogen and oxygen atoms in total. The summed E-state index contributed by atoms with van der Waals surface area (Å²) < 4.78 is 0. The standard InChI is InChI=1S/C11H19ClN2S/c1-4-10(5-2)14(7-6-12)11-13-9(3)8-15-11/h8,10H,4-7H2,1-3H3. The first-order valence-electron chi connectivity index (χ1n) is 5.47. The zero-order chi connectivity index (χ0) is 11.3. The molecule has 0 aliphatic carbocycles. The van der Waals surface area contributed by atoms with Gasteiger partial charge in [-0.05, 0) is 19.8 Å². The summed E-state index contributed by atoms with van der Waals surface area (Å²) in [7, 11) is 0. The van der Waals surface area contributed by atoms with E-state index in [0.29, 0.717) is 11.9 Å². The Morgan fingerprint density at radius 1 is 1.47 bits per heavy atom. The monoisotopic (exact) mass is 246 g/mol. The van der Waals surface area contributed by atoms with Gasteiger partial charge >= 0.3 is 0 Å². The van der Waals surface area contributed by atoms with Gasteiger partial charge in [-0.3, -0.25) is 0 Å². The molecule has 0 N–H and O–H groups in total. The first-order chi connectivity index (χ1) is 7.22. The maximum absolute atomic E-state index is 5.85. The summed E-state index contributed by atoms with van der Waals surface area (Å²) in [6, 6.07) is 0.564. The molecule has 0 unspecified atom stereocenters. The maximum atomic E-state index is 5.85. The molecule has 0 amide bonds. The lowest BCUT2D eigenvalue weighted by Gasteiger charge is -2.29. The number of hydrogen-bond acceptors (Lipinski definition) is 3. The number of hydrogen-bond donors (Lipinski definition) is 0. The molecule has 15 heavy (non-hydrogen) atoms. The van der Waals surface area contributed by atoms with Crippen molar-refractivity contribution in [3.63, 3.8) is 0 Å². The Kier molecular flexibility index (Phi) is 5.40. The van der Waals surface area contributed by atoms with Crippen LogP contribution >= 0.6 is 22.9 Å². The fraction of sp³-hybridized carbons (Fsp3) is 0.727. The SMILES string of the molecule is CCC(CC)N(CCCl)c1nc(C)cs1. The van der Waals surface area contributed by atoms with Crippen LogP contribution in [-0.2, 0) is 0 Å². The Hall–Kier alpha value is -0.280. The van der Waals surface area contributed by atoms with Crippen molar-refractivity contribution in [1.82, 2.24) is 4.98 Å². The summed E-state index contributed by atoms with van der Waals surface area (Å²) in [5, 5.41) is 3.21. The van der Waals surface area contributed by atoms with E-state index in [9.17, 15) is 0 Å². The molecular weight excluding hydrogens is 228 g/mol. The van der Waals surface area contributed by atoms with E-state index in [4.69, 9.17) is 11.6 Å². The first-order valence-corrected chi connectivity index (χ1v) is 6.89. The first kappa shape index (κ1) is 12.8. The second-order valence-corrected chi connectivity index (χ2v) is 4.84. The number of rotatable bonds is 6. The third-order valence-electron chi connectivity index (χ3n) is 2.56. The Morgan fingerprint density at radius 3 is 2.53 bits per heavy atom. The smallest absolute Gasteiger partial charge is 0.185 e. The molecule has 0 aliphatic rings. The molecule has 0 aliphatic heterocycles. The third-order valence-corrected chi connectivity index (χ3v) is 3.73. The topological polar surface area (TPSA) is 16.1 Å². The Morgan fingerprint density at radius 2 is 2.13 bits per heavy atom. The number of anilines is 1. The highest BCUT2D eigenvalue weighted by atomic mass is 35.5. The van der Waals surface area contributed by atoms with E-state index >= 15 is 0 Å². The van der Waals surface area contributed by atoms with Crippen LogP contribution in [0.5, 0.6) is 0 Å². The van der Waals surface area contributed by atoms with Crippen molar-refractivity contribution in [3.8, 4) is 0 Å². The fourth-order valence-corrected chi connectivity index (χ4v) is 2.81. The summed E-state index contributed by atoms with van der Waals surface area (Å²) in [6.07, 6.45) is 2.29. The molecule has 0 fully saturated rings. The molecular formula is C11H19ClN2S. The molecule has 0 aromatic carbocycles. The van der Waals surface area contributed by atoms with Crippen LogP contribution < -0.4 is 4.90 Å². The largest absolute Gasteiger partial charge is 0.344 e. The van der Waals surface area contributed by atoms with Crippen LogP contribution in [-0.4, -0.2) is 23.5 Å². The highest BCUT2D eigenvalue weighted by Crippen LogP contribution is 2.24. The van der Waals surface area contributed by atoms with Crippen molar-refractivity contribution < 1.29 is 0 Å². The molecule has 0 saturated carbocycles. The molecule has 86 valence electrons. The second-order valence-electron chi connectivity index (χ2n) is 3.62. The van der Waals surface area contributed by atoms with Gasteiger partial charge in [0.25, 0.3) is 0 Å².